The molecule has 0 radical (unpaired) electrons. The first kappa shape index (κ1) is 11.3. The van der Waals surface area contributed by atoms with Crippen LogP contribution in [0.25, 0.3) is 11.0 Å². The summed E-state index contributed by atoms with van der Waals surface area (Å²) in [6.45, 7) is 5.18. The Morgan fingerprint density at radius 1 is 1.18 bits per heavy atom. The number of phenols is 1. The Bertz CT molecular complexity index is 640. The van der Waals surface area contributed by atoms with Gasteiger partial charge in [0.1, 0.15) is 11.3 Å². The first-order chi connectivity index (χ1) is 7.86. The van der Waals surface area contributed by atoms with Crippen LogP contribution in [0.15, 0.2) is 4.42 Å². The average molecular weight is 235 g/mol. The van der Waals surface area contributed by atoms with Gasteiger partial charge in [0.2, 0.25) is 5.76 Å². The van der Waals surface area contributed by atoms with E-state index in [-0.39, 0.29) is 17.2 Å². The summed E-state index contributed by atoms with van der Waals surface area (Å²) >= 11 is 0. The quantitative estimate of drug-likeness (QED) is 0.704. The molecule has 0 bridgehead atoms. The van der Waals surface area contributed by atoms with Gasteiger partial charge in [0.15, 0.2) is 0 Å². The predicted octanol–water partition coefficient (Wildman–Crippen LogP) is 2.34. The molecule has 0 saturated carbocycles. The molecule has 0 aliphatic heterocycles. The van der Waals surface area contributed by atoms with Gasteiger partial charge in [-0.2, -0.15) is 0 Å². The van der Waals surface area contributed by atoms with E-state index >= 15 is 0 Å². The smallest absolute Gasteiger partial charge is 0.374 e. The van der Waals surface area contributed by atoms with Crippen LogP contribution in [0.4, 0.5) is 5.69 Å². The van der Waals surface area contributed by atoms with Crippen molar-refractivity contribution in [1.82, 2.24) is 0 Å². The van der Waals surface area contributed by atoms with Crippen molar-refractivity contribution >= 4 is 22.6 Å². The minimum atomic E-state index is -1.21. The summed E-state index contributed by atoms with van der Waals surface area (Å²) in [6, 6.07) is 0. The summed E-state index contributed by atoms with van der Waals surface area (Å²) in [7, 11) is 0. The van der Waals surface area contributed by atoms with E-state index in [1.807, 2.05) is 0 Å². The number of hydrogen-bond donors (Lipinski definition) is 3. The van der Waals surface area contributed by atoms with E-state index in [4.69, 9.17) is 15.3 Å². The first-order valence-corrected chi connectivity index (χ1v) is 5.10. The van der Waals surface area contributed by atoms with Gasteiger partial charge < -0.3 is 20.4 Å². The van der Waals surface area contributed by atoms with Gasteiger partial charge in [-0.3, -0.25) is 0 Å². The minimum Gasteiger partial charge on any atom is -0.507 e. The fourth-order valence-electron chi connectivity index (χ4n) is 1.99. The maximum atomic E-state index is 10.9. The molecule has 2 aromatic rings. The van der Waals surface area contributed by atoms with Crippen LogP contribution in [0.1, 0.15) is 27.2 Å². The van der Waals surface area contributed by atoms with E-state index in [1.165, 1.54) is 0 Å². The average Bonchev–Trinajstić information content (AvgIpc) is 2.62. The number of anilines is 1. The van der Waals surface area contributed by atoms with Crippen molar-refractivity contribution in [3.63, 3.8) is 0 Å². The molecular formula is C12H13NO4. The van der Waals surface area contributed by atoms with E-state index in [9.17, 15) is 9.90 Å². The van der Waals surface area contributed by atoms with Gasteiger partial charge in [-0.25, -0.2) is 4.79 Å². The molecule has 1 heterocycles. The number of carboxylic acid groups (broad SMARTS) is 1. The zero-order chi connectivity index (χ0) is 12.9. The molecule has 1 aromatic carbocycles. The maximum absolute atomic E-state index is 10.9. The van der Waals surface area contributed by atoms with E-state index < -0.39 is 5.97 Å². The molecule has 5 heteroatoms. The Balaban J connectivity index is 3.02. The van der Waals surface area contributed by atoms with Crippen molar-refractivity contribution in [2.24, 2.45) is 0 Å². The largest absolute Gasteiger partial charge is 0.507 e. The molecule has 2 rings (SSSR count). The van der Waals surface area contributed by atoms with Gasteiger partial charge in [-0.1, -0.05) is 0 Å². The summed E-state index contributed by atoms with van der Waals surface area (Å²) in [4.78, 5) is 10.9. The van der Waals surface area contributed by atoms with E-state index in [0.29, 0.717) is 27.7 Å². The Morgan fingerprint density at radius 2 is 1.76 bits per heavy atom. The molecule has 1 aromatic heterocycles. The fraction of sp³-hybridized carbons (Fsp3) is 0.250. The number of aromatic carboxylic acids is 1. The molecule has 4 N–H and O–H groups in total. The van der Waals surface area contributed by atoms with Crippen molar-refractivity contribution in [3.05, 3.63) is 22.5 Å². The Kier molecular flexibility index (Phi) is 2.27. The molecule has 0 amide bonds. The van der Waals surface area contributed by atoms with Crippen molar-refractivity contribution in [1.29, 1.82) is 0 Å². The number of fused-ring (bicyclic) bond motifs is 1. The SMILES string of the molecule is Cc1c(O)c(C)c2c(N)c(C(=O)O)oc2c1C. The van der Waals surface area contributed by atoms with Crippen LogP contribution in [0.3, 0.4) is 0 Å². The van der Waals surface area contributed by atoms with Crippen LogP contribution in [0.2, 0.25) is 0 Å². The zero-order valence-electron chi connectivity index (χ0n) is 9.79. The standard InChI is InChI=1S/C12H13NO4/c1-4-5(2)10-7(6(3)9(4)14)8(13)11(17-10)12(15)16/h14H,13H2,1-3H3,(H,15,16). The summed E-state index contributed by atoms with van der Waals surface area (Å²) in [5.74, 6) is -1.37. The summed E-state index contributed by atoms with van der Waals surface area (Å²) in [6.07, 6.45) is 0. The second-order valence-corrected chi connectivity index (χ2v) is 4.08. The van der Waals surface area contributed by atoms with Gasteiger partial charge in [0.05, 0.1) is 11.1 Å². The van der Waals surface area contributed by atoms with Crippen molar-refractivity contribution in [2.45, 2.75) is 20.8 Å². The lowest BCUT2D eigenvalue weighted by Crippen LogP contribution is -1.98. The molecular weight excluding hydrogens is 222 g/mol. The molecule has 0 saturated heterocycles. The molecule has 90 valence electrons. The highest BCUT2D eigenvalue weighted by atomic mass is 16.4. The van der Waals surface area contributed by atoms with Crippen molar-refractivity contribution < 1.29 is 19.4 Å². The number of carboxylic acids is 1. The normalized spacial score (nSPS) is 11.0. The number of aryl methyl sites for hydroxylation is 2. The Hall–Kier alpha value is -2.17. The highest BCUT2D eigenvalue weighted by Crippen LogP contribution is 2.39. The fourth-order valence-corrected chi connectivity index (χ4v) is 1.99. The number of nitrogen functional groups attached to an aromatic ring is 1. The molecule has 0 aliphatic rings. The number of phenolic OH excluding ortho intramolecular Hbond substituents is 1. The third-order valence-electron chi connectivity index (χ3n) is 3.13. The summed E-state index contributed by atoms with van der Waals surface area (Å²) in [5, 5.41) is 19.3. The highest BCUT2D eigenvalue weighted by molar-refractivity contribution is 6.05. The number of benzene rings is 1. The highest BCUT2D eigenvalue weighted by Gasteiger charge is 2.23. The molecule has 0 spiro atoms. The molecule has 17 heavy (non-hydrogen) atoms. The van der Waals surface area contributed by atoms with Crippen LogP contribution < -0.4 is 5.73 Å². The Labute approximate surface area is 97.5 Å². The second kappa shape index (κ2) is 3.41. The number of nitrogens with two attached hydrogens (primary N) is 1. The van der Waals surface area contributed by atoms with E-state index in [1.54, 1.807) is 20.8 Å². The number of hydrogen-bond acceptors (Lipinski definition) is 4. The summed E-state index contributed by atoms with van der Waals surface area (Å²) in [5.41, 5.74) is 8.13. The van der Waals surface area contributed by atoms with Gasteiger partial charge in [-0.15, -0.1) is 0 Å². The zero-order valence-corrected chi connectivity index (χ0v) is 9.79. The lowest BCUT2D eigenvalue weighted by molar-refractivity contribution is 0.0666. The van der Waals surface area contributed by atoms with Crippen LogP contribution in [-0.4, -0.2) is 16.2 Å². The van der Waals surface area contributed by atoms with Gasteiger partial charge in [0.25, 0.3) is 0 Å². The molecule has 0 aliphatic carbocycles. The molecule has 0 fully saturated rings. The van der Waals surface area contributed by atoms with Crippen molar-refractivity contribution in [3.8, 4) is 5.75 Å². The molecule has 5 nitrogen and oxygen atoms in total. The van der Waals surface area contributed by atoms with Crippen LogP contribution in [-0.2, 0) is 0 Å². The van der Waals surface area contributed by atoms with E-state index in [0.717, 1.165) is 0 Å². The van der Waals surface area contributed by atoms with Crippen LogP contribution in [0.5, 0.6) is 5.75 Å². The van der Waals surface area contributed by atoms with Gasteiger partial charge >= 0.3 is 5.97 Å². The first-order valence-electron chi connectivity index (χ1n) is 5.10. The summed E-state index contributed by atoms with van der Waals surface area (Å²) < 4.78 is 5.27. The lowest BCUT2D eigenvalue weighted by atomic mass is 10.00. The topological polar surface area (TPSA) is 96.7 Å². The minimum absolute atomic E-state index is 0.0587. The lowest BCUT2D eigenvalue weighted by Gasteiger charge is -2.08. The third-order valence-corrected chi connectivity index (χ3v) is 3.13. The predicted molar refractivity (Wildman–Crippen MR) is 63.5 cm³/mol. The number of rotatable bonds is 1. The molecule has 0 unspecified atom stereocenters. The van der Waals surface area contributed by atoms with Gasteiger partial charge in [0, 0.05) is 5.56 Å². The maximum Gasteiger partial charge on any atom is 0.374 e. The van der Waals surface area contributed by atoms with Gasteiger partial charge in [-0.05, 0) is 31.9 Å². The van der Waals surface area contributed by atoms with Crippen molar-refractivity contribution in [2.75, 3.05) is 5.73 Å². The number of aromatic hydroxyl groups is 1. The monoisotopic (exact) mass is 235 g/mol. The van der Waals surface area contributed by atoms with Crippen LogP contribution >= 0.6 is 0 Å². The number of furan rings is 1. The molecule has 0 atom stereocenters. The van der Waals surface area contributed by atoms with Crippen LogP contribution in [0, 0.1) is 20.8 Å². The second-order valence-electron chi connectivity index (χ2n) is 4.08. The Morgan fingerprint density at radius 3 is 2.29 bits per heavy atom. The number of carbonyl (C=O) groups is 1. The van der Waals surface area contributed by atoms with E-state index in [2.05, 4.69) is 0 Å². The third kappa shape index (κ3) is 1.35.